The lowest BCUT2D eigenvalue weighted by Gasteiger charge is -2.10. The highest BCUT2D eigenvalue weighted by Crippen LogP contribution is 2.39. The number of nitrogens with zero attached hydrogens (tertiary/aromatic N) is 3. The predicted molar refractivity (Wildman–Crippen MR) is 110 cm³/mol. The number of carbonyl (C=O) groups is 1. The van der Waals surface area contributed by atoms with Crippen LogP contribution >= 0.6 is 46.2 Å². The van der Waals surface area contributed by atoms with E-state index < -0.39 is 0 Å². The van der Waals surface area contributed by atoms with Gasteiger partial charge in [0.05, 0.1) is 31.2 Å². The van der Waals surface area contributed by atoms with Crippen LogP contribution in [0.15, 0.2) is 32.3 Å². The van der Waals surface area contributed by atoms with E-state index in [1.54, 1.807) is 37.3 Å². The van der Waals surface area contributed by atoms with Crippen molar-refractivity contribution in [3.63, 3.8) is 0 Å². The Morgan fingerprint density at radius 3 is 2.67 bits per heavy atom. The molecule has 27 heavy (non-hydrogen) atoms. The SMILES string of the molecule is COc1cccc(-c2nc(CSc3nnc(SCC(N)=O)s3)cs2)c1OC. The van der Waals surface area contributed by atoms with Gasteiger partial charge in [-0.05, 0) is 12.1 Å². The summed E-state index contributed by atoms with van der Waals surface area (Å²) in [5.41, 5.74) is 6.99. The molecule has 3 rings (SSSR count). The summed E-state index contributed by atoms with van der Waals surface area (Å²) >= 11 is 5.85. The zero-order valence-corrected chi connectivity index (χ0v) is 17.8. The van der Waals surface area contributed by atoms with Crippen molar-refractivity contribution in [3.8, 4) is 22.1 Å². The van der Waals surface area contributed by atoms with Crippen molar-refractivity contribution in [2.24, 2.45) is 5.73 Å². The van der Waals surface area contributed by atoms with Crippen LogP contribution in [0.25, 0.3) is 10.6 Å². The molecule has 11 heteroatoms. The van der Waals surface area contributed by atoms with Crippen molar-refractivity contribution in [3.05, 3.63) is 29.3 Å². The minimum absolute atomic E-state index is 0.205. The lowest BCUT2D eigenvalue weighted by atomic mass is 10.2. The molecule has 2 heterocycles. The van der Waals surface area contributed by atoms with Gasteiger partial charge in [0.1, 0.15) is 5.01 Å². The Morgan fingerprint density at radius 2 is 1.96 bits per heavy atom. The Hall–Kier alpha value is -1.82. The summed E-state index contributed by atoms with van der Waals surface area (Å²) in [6, 6.07) is 5.74. The number of thioether (sulfide) groups is 2. The number of amides is 1. The molecule has 7 nitrogen and oxygen atoms in total. The third-order valence-corrected chi connectivity index (χ3v) is 7.42. The molecule has 3 aromatic rings. The third-order valence-electron chi connectivity index (χ3n) is 3.25. The smallest absolute Gasteiger partial charge is 0.227 e. The van der Waals surface area contributed by atoms with Gasteiger partial charge in [-0.15, -0.1) is 21.5 Å². The lowest BCUT2D eigenvalue weighted by molar-refractivity contribution is -0.115. The van der Waals surface area contributed by atoms with Gasteiger partial charge in [0.25, 0.3) is 0 Å². The second-order valence-corrected chi connectivity index (χ2v) is 9.34. The number of primary amides is 1. The lowest BCUT2D eigenvalue weighted by Crippen LogP contribution is -2.12. The number of rotatable bonds is 9. The summed E-state index contributed by atoms with van der Waals surface area (Å²) in [6.45, 7) is 0. The first kappa shape index (κ1) is 19.9. The number of carbonyl (C=O) groups excluding carboxylic acids is 1. The summed E-state index contributed by atoms with van der Waals surface area (Å²) in [6.07, 6.45) is 0. The number of thiazole rings is 1. The third kappa shape index (κ3) is 5.12. The average molecular weight is 441 g/mol. The Bertz CT molecular complexity index is 928. The molecule has 0 atom stereocenters. The van der Waals surface area contributed by atoms with Gasteiger partial charge in [0.15, 0.2) is 20.2 Å². The maximum Gasteiger partial charge on any atom is 0.227 e. The zero-order chi connectivity index (χ0) is 19.2. The Labute approximate surface area is 172 Å². The predicted octanol–water partition coefficient (Wildman–Crippen LogP) is 3.55. The van der Waals surface area contributed by atoms with E-state index >= 15 is 0 Å². The fourth-order valence-corrected chi connectivity index (χ4v) is 5.73. The number of methoxy groups -OCH3 is 2. The quantitative estimate of drug-likeness (QED) is 0.504. The minimum atomic E-state index is -0.368. The van der Waals surface area contributed by atoms with Gasteiger partial charge in [-0.2, -0.15) is 0 Å². The van der Waals surface area contributed by atoms with E-state index in [2.05, 4.69) is 10.2 Å². The highest BCUT2D eigenvalue weighted by molar-refractivity contribution is 8.03. The van der Waals surface area contributed by atoms with Gasteiger partial charge in [0, 0.05) is 11.1 Å². The maximum absolute atomic E-state index is 10.8. The van der Waals surface area contributed by atoms with Crippen LogP contribution in [0.3, 0.4) is 0 Å². The molecule has 0 spiro atoms. The highest BCUT2D eigenvalue weighted by Gasteiger charge is 2.15. The van der Waals surface area contributed by atoms with E-state index in [9.17, 15) is 4.79 Å². The van der Waals surface area contributed by atoms with E-state index in [1.165, 1.54) is 23.1 Å². The first-order valence-corrected chi connectivity index (χ1v) is 11.3. The van der Waals surface area contributed by atoms with Crippen LogP contribution in [-0.4, -0.2) is 41.1 Å². The van der Waals surface area contributed by atoms with E-state index in [0.29, 0.717) is 17.3 Å². The molecule has 1 amide bonds. The molecule has 0 fully saturated rings. The molecule has 1 aromatic carbocycles. The zero-order valence-electron chi connectivity index (χ0n) is 14.5. The fourth-order valence-electron chi connectivity index (χ4n) is 2.13. The molecular weight excluding hydrogens is 424 g/mol. The molecule has 0 unspecified atom stereocenters. The van der Waals surface area contributed by atoms with Gasteiger partial charge in [-0.3, -0.25) is 4.79 Å². The first-order valence-electron chi connectivity index (χ1n) is 7.64. The number of aromatic nitrogens is 3. The number of ether oxygens (including phenoxy) is 2. The molecule has 0 bridgehead atoms. The van der Waals surface area contributed by atoms with Crippen molar-refractivity contribution in [1.82, 2.24) is 15.2 Å². The summed E-state index contributed by atoms with van der Waals surface area (Å²) < 4.78 is 12.4. The summed E-state index contributed by atoms with van der Waals surface area (Å²) in [4.78, 5) is 15.5. The average Bonchev–Trinajstić information content (AvgIpc) is 3.33. The summed E-state index contributed by atoms with van der Waals surface area (Å²) in [5.74, 6) is 1.87. The molecule has 0 aliphatic rings. The van der Waals surface area contributed by atoms with Crippen LogP contribution in [0.4, 0.5) is 0 Å². The monoisotopic (exact) mass is 440 g/mol. The number of nitrogens with two attached hydrogens (primary N) is 1. The van der Waals surface area contributed by atoms with Crippen LogP contribution in [-0.2, 0) is 10.5 Å². The Balaban J connectivity index is 1.66. The molecule has 2 N–H and O–H groups in total. The van der Waals surface area contributed by atoms with Gasteiger partial charge in [-0.1, -0.05) is 40.9 Å². The molecule has 0 aliphatic carbocycles. The number of benzene rings is 1. The minimum Gasteiger partial charge on any atom is -0.493 e. The molecule has 0 aliphatic heterocycles. The van der Waals surface area contributed by atoms with Crippen LogP contribution in [0, 0.1) is 0 Å². The number of hydrogen-bond acceptors (Lipinski definition) is 10. The number of para-hydroxylation sites is 1. The highest BCUT2D eigenvalue weighted by atomic mass is 32.2. The molecular formula is C16H16N4O3S4. The summed E-state index contributed by atoms with van der Waals surface area (Å²) in [7, 11) is 3.23. The van der Waals surface area contributed by atoms with E-state index in [1.807, 2.05) is 23.6 Å². The van der Waals surface area contributed by atoms with E-state index in [-0.39, 0.29) is 11.7 Å². The van der Waals surface area contributed by atoms with Crippen LogP contribution in [0.2, 0.25) is 0 Å². The van der Waals surface area contributed by atoms with Crippen LogP contribution in [0.1, 0.15) is 5.69 Å². The first-order chi connectivity index (χ1) is 13.1. The molecule has 0 radical (unpaired) electrons. The maximum atomic E-state index is 10.8. The molecule has 0 saturated carbocycles. The summed E-state index contributed by atoms with van der Waals surface area (Å²) in [5, 5.41) is 11.1. The Kier molecular flexibility index (Phi) is 6.94. The fraction of sp³-hybridized carbons (Fsp3) is 0.250. The van der Waals surface area contributed by atoms with Gasteiger partial charge < -0.3 is 15.2 Å². The molecule has 2 aromatic heterocycles. The van der Waals surface area contributed by atoms with Crippen molar-refractivity contribution < 1.29 is 14.3 Å². The molecule has 0 saturated heterocycles. The topological polar surface area (TPSA) is 100 Å². The van der Waals surface area contributed by atoms with E-state index in [4.69, 9.17) is 20.2 Å². The van der Waals surface area contributed by atoms with Crippen molar-refractivity contribution in [2.45, 2.75) is 14.4 Å². The van der Waals surface area contributed by atoms with Gasteiger partial charge in [0.2, 0.25) is 5.91 Å². The van der Waals surface area contributed by atoms with Crippen LogP contribution in [0.5, 0.6) is 11.5 Å². The second-order valence-electron chi connectivity index (χ2n) is 5.06. The van der Waals surface area contributed by atoms with Gasteiger partial charge in [-0.25, -0.2) is 4.98 Å². The van der Waals surface area contributed by atoms with E-state index in [0.717, 1.165) is 24.9 Å². The second kappa shape index (κ2) is 9.40. The Morgan fingerprint density at radius 1 is 1.19 bits per heavy atom. The van der Waals surface area contributed by atoms with Crippen molar-refractivity contribution in [2.75, 3.05) is 20.0 Å². The normalized spacial score (nSPS) is 10.7. The van der Waals surface area contributed by atoms with Crippen molar-refractivity contribution >= 4 is 52.1 Å². The van der Waals surface area contributed by atoms with Crippen LogP contribution < -0.4 is 15.2 Å². The largest absolute Gasteiger partial charge is 0.493 e. The van der Waals surface area contributed by atoms with Crippen molar-refractivity contribution in [1.29, 1.82) is 0 Å². The van der Waals surface area contributed by atoms with Gasteiger partial charge >= 0.3 is 0 Å². The standard InChI is InChI=1S/C16H16N4O3S4/c1-22-11-5-3-4-10(13(11)23-2)14-18-9(6-24-14)7-25-15-19-20-16(27-15)26-8-12(17)21/h3-6H,7-8H2,1-2H3,(H2,17,21). The number of hydrogen-bond donors (Lipinski definition) is 1. The molecule has 142 valence electrons.